The lowest BCUT2D eigenvalue weighted by atomic mass is 9.95. The summed E-state index contributed by atoms with van der Waals surface area (Å²) in [4.78, 5) is 14.1. The summed E-state index contributed by atoms with van der Waals surface area (Å²) in [6.07, 6.45) is 0.329. The summed E-state index contributed by atoms with van der Waals surface area (Å²) in [6.45, 7) is 12.1. The topological polar surface area (TPSA) is 80.3 Å². The van der Waals surface area contributed by atoms with Gasteiger partial charge >= 0.3 is 6.09 Å². The van der Waals surface area contributed by atoms with Crippen LogP contribution >= 0.6 is 0 Å². The number of carbonyl (C=O) groups excluding carboxylic acids is 1. The zero-order valence-corrected chi connectivity index (χ0v) is 16.0. The van der Waals surface area contributed by atoms with Crippen LogP contribution in [0.4, 0.5) is 4.79 Å². The normalized spacial score (nSPS) is 23.1. The third-order valence-corrected chi connectivity index (χ3v) is 4.34. The number of amides is 1. The number of methoxy groups -OCH3 is 1. The Morgan fingerprint density at radius 2 is 2.00 bits per heavy atom. The Bertz CT molecular complexity index is 408. The molecule has 0 aromatic carbocycles. The lowest BCUT2D eigenvalue weighted by molar-refractivity contribution is -0.0988. The number of alkyl carbamates (subject to hydrolysis) is 1. The van der Waals surface area contributed by atoms with Gasteiger partial charge in [-0.2, -0.15) is 0 Å². The smallest absolute Gasteiger partial charge is 0.407 e. The summed E-state index contributed by atoms with van der Waals surface area (Å²) in [5.41, 5.74) is -1.43. The number of aliphatic hydroxyl groups excluding tert-OH is 1. The molecule has 1 heterocycles. The van der Waals surface area contributed by atoms with Gasteiger partial charge in [0.15, 0.2) is 0 Å². The third kappa shape index (κ3) is 6.55. The Balaban J connectivity index is 2.70. The first kappa shape index (κ1) is 21.2. The molecule has 0 saturated carbocycles. The van der Waals surface area contributed by atoms with Gasteiger partial charge in [0.25, 0.3) is 0 Å². The highest BCUT2D eigenvalue weighted by molar-refractivity contribution is 5.67. The molecule has 0 bridgehead atoms. The van der Waals surface area contributed by atoms with Crippen LogP contribution in [0.3, 0.4) is 0 Å². The van der Waals surface area contributed by atoms with Crippen LogP contribution in [0.1, 0.15) is 41.0 Å². The van der Waals surface area contributed by atoms with Crippen molar-refractivity contribution in [1.29, 1.82) is 0 Å². The van der Waals surface area contributed by atoms with Crippen molar-refractivity contribution in [1.82, 2.24) is 10.2 Å². The second kappa shape index (κ2) is 8.47. The van der Waals surface area contributed by atoms with Crippen LogP contribution in [0.25, 0.3) is 0 Å². The highest BCUT2D eigenvalue weighted by atomic mass is 16.6. The van der Waals surface area contributed by atoms with Crippen LogP contribution in [-0.4, -0.2) is 79.4 Å². The third-order valence-electron chi connectivity index (χ3n) is 4.34. The standard InChI is InChI=1S/C17H34N2O5/c1-15(2,3)24-14(21)18-11-17(12-20)13-23-10-9-19(17)8-7-16(4,5)22-6/h20H,7-13H2,1-6H3,(H,18,21)/t17-/m0/s1. The Morgan fingerprint density at radius 3 is 2.54 bits per heavy atom. The van der Waals surface area contributed by atoms with E-state index in [1.54, 1.807) is 7.11 Å². The number of ether oxygens (including phenoxy) is 3. The van der Waals surface area contributed by atoms with Crippen molar-refractivity contribution >= 4 is 6.09 Å². The van der Waals surface area contributed by atoms with Gasteiger partial charge in [-0.15, -0.1) is 0 Å². The first-order chi connectivity index (χ1) is 11.0. The molecule has 7 heteroatoms. The molecular weight excluding hydrogens is 312 g/mol. The van der Waals surface area contributed by atoms with E-state index in [4.69, 9.17) is 14.2 Å². The quantitative estimate of drug-likeness (QED) is 0.725. The summed E-state index contributed by atoms with van der Waals surface area (Å²) < 4.78 is 16.3. The monoisotopic (exact) mass is 346 g/mol. The van der Waals surface area contributed by atoms with E-state index >= 15 is 0 Å². The first-order valence-electron chi connectivity index (χ1n) is 8.49. The van der Waals surface area contributed by atoms with Crippen molar-refractivity contribution in [3.05, 3.63) is 0 Å². The van der Waals surface area contributed by atoms with E-state index in [0.717, 1.165) is 13.0 Å². The molecule has 0 aliphatic carbocycles. The van der Waals surface area contributed by atoms with Crippen LogP contribution < -0.4 is 5.32 Å². The summed E-state index contributed by atoms with van der Waals surface area (Å²) in [6, 6.07) is 0. The van der Waals surface area contributed by atoms with Crippen molar-refractivity contribution < 1.29 is 24.1 Å². The molecule has 7 nitrogen and oxygen atoms in total. The molecule has 1 amide bonds. The maximum absolute atomic E-state index is 11.9. The van der Waals surface area contributed by atoms with Crippen molar-refractivity contribution in [2.75, 3.05) is 46.6 Å². The van der Waals surface area contributed by atoms with Gasteiger partial charge < -0.3 is 24.6 Å². The molecule has 1 rings (SSSR count). The average Bonchev–Trinajstić information content (AvgIpc) is 2.50. The number of nitrogens with one attached hydrogen (secondary N) is 1. The van der Waals surface area contributed by atoms with Crippen LogP contribution in [0, 0.1) is 0 Å². The molecule has 24 heavy (non-hydrogen) atoms. The molecule has 142 valence electrons. The van der Waals surface area contributed by atoms with Crippen molar-refractivity contribution in [2.24, 2.45) is 0 Å². The van der Waals surface area contributed by atoms with Gasteiger partial charge in [-0.1, -0.05) is 0 Å². The summed E-state index contributed by atoms with van der Waals surface area (Å²) in [5, 5.41) is 12.8. The fourth-order valence-corrected chi connectivity index (χ4v) is 2.54. The molecule has 0 aromatic heterocycles. The van der Waals surface area contributed by atoms with E-state index in [0.29, 0.717) is 19.8 Å². The molecule has 1 saturated heterocycles. The van der Waals surface area contributed by atoms with Crippen LogP contribution in [-0.2, 0) is 14.2 Å². The Labute approximate surface area is 145 Å². The fraction of sp³-hybridized carbons (Fsp3) is 0.941. The number of rotatable bonds is 7. The summed E-state index contributed by atoms with van der Waals surface area (Å²) >= 11 is 0. The maximum Gasteiger partial charge on any atom is 0.407 e. The molecule has 1 aliphatic heterocycles. The Morgan fingerprint density at radius 1 is 1.33 bits per heavy atom. The van der Waals surface area contributed by atoms with E-state index in [-0.39, 0.29) is 18.8 Å². The number of morpholine rings is 1. The lowest BCUT2D eigenvalue weighted by Crippen LogP contribution is -2.65. The van der Waals surface area contributed by atoms with Gasteiger partial charge in [0.2, 0.25) is 0 Å². The van der Waals surface area contributed by atoms with Gasteiger partial charge in [-0.05, 0) is 41.0 Å². The van der Waals surface area contributed by atoms with E-state index in [1.807, 2.05) is 34.6 Å². The van der Waals surface area contributed by atoms with Gasteiger partial charge in [0.05, 0.1) is 31.0 Å². The molecule has 1 fully saturated rings. The molecule has 1 aliphatic rings. The summed E-state index contributed by atoms with van der Waals surface area (Å²) in [5.74, 6) is 0. The highest BCUT2D eigenvalue weighted by Crippen LogP contribution is 2.23. The van der Waals surface area contributed by atoms with Crippen molar-refractivity contribution in [3.8, 4) is 0 Å². The first-order valence-corrected chi connectivity index (χ1v) is 8.49. The van der Waals surface area contributed by atoms with Crippen molar-refractivity contribution in [2.45, 2.75) is 57.8 Å². The predicted molar refractivity (Wildman–Crippen MR) is 92.2 cm³/mol. The van der Waals surface area contributed by atoms with Gasteiger partial charge in [-0.25, -0.2) is 4.79 Å². The largest absolute Gasteiger partial charge is 0.444 e. The number of aliphatic hydroxyl groups is 1. The lowest BCUT2D eigenvalue weighted by Gasteiger charge is -2.46. The minimum Gasteiger partial charge on any atom is -0.444 e. The zero-order valence-electron chi connectivity index (χ0n) is 16.0. The second-order valence-electron chi connectivity index (χ2n) is 7.99. The van der Waals surface area contributed by atoms with Crippen molar-refractivity contribution in [3.63, 3.8) is 0 Å². The van der Waals surface area contributed by atoms with E-state index < -0.39 is 17.2 Å². The molecule has 0 aromatic rings. The van der Waals surface area contributed by atoms with Crippen LogP contribution in [0.2, 0.25) is 0 Å². The van der Waals surface area contributed by atoms with Gasteiger partial charge in [0.1, 0.15) is 5.60 Å². The minimum atomic E-state index is -0.640. The zero-order chi connectivity index (χ0) is 18.4. The van der Waals surface area contributed by atoms with Crippen LogP contribution in [0.15, 0.2) is 0 Å². The van der Waals surface area contributed by atoms with Crippen LogP contribution in [0.5, 0.6) is 0 Å². The van der Waals surface area contributed by atoms with Gasteiger partial charge in [0, 0.05) is 26.7 Å². The number of hydrogen-bond donors (Lipinski definition) is 2. The predicted octanol–water partition coefficient (Wildman–Crippen LogP) is 1.39. The van der Waals surface area contributed by atoms with E-state index in [9.17, 15) is 9.90 Å². The highest BCUT2D eigenvalue weighted by Gasteiger charge is 2.40. The molecule has 2 N–H and O–H groups in total. The van der Waals surface area contributed by atoms with E-state index in [2.05, 4.69) is 10.2 Å². The second-order valence-corrected chi connectivity index (χ2v) is 7.99. The fourth-order valence-electron chi connectivity index (χ4n) is 2.54. The molecule has 1 atom stereocenters. The Hall–Kier alpha value is -0.890. The molecule has 0 spiro atoms. The minimum absolute atomic E-state index is 0.101. The SMILES string of the molecule is COC(C)(C)CCN1CCOC[C@@]1(CO)CNC(=O)OC(C)(C)C. The number of carbonyl (C=O) groups is 1. The average molecular weight is 346 g/mol. The molecular formula is C17H34N2O5. The van der Waals surface area contributed by atoms with Gasteiger partial charge in [-0.3, -0.25) is 4.90 Å². The molecule has 0 unspecified atom stereocenters. The number of nitrogens with zero attached hydrogens (tertiary/aromatic N) is 1. The van der Waals surface area contributed by atoms with E-state index in [1.165, 1.54) is 0 Å². The number of hydrogen-bond acceptors (Lipinski definition) is 6. The Kier molecular flexibility index (Phi) is 7.46. The summed E-state index contributed by atoms with van der Waals surface area (Å²) in [7, 11) is 1.70. The molecule has 0 radical (unpaired) electrons. The maximum atomic E-state index is 11.9.